The fourth-order valence-electron chi connectivity index (χ4n) is 2.60. The third-order valence-corrected chi connectivity index (χ3v) is 5.53. The van der Waals surface area contributed by atoms with Crippen molar-refractivity contribution in [2.24, 2.45) is 5.92 Å². The molecule has 6 nitrogen and oxygen atoms in total. The third kappa shape index (κ3) is 5.46. The Morgan fingerprint density at radius 1 is 1.39 bits per heavy atom. The molecule has 1 unspecified atom stereocenters. The van der Waals surface area contributed by atoms with Crippen LogP contribution in [0.25, 0.3) is 0 Å². The molecule has 1 aliphatic heterocycles. The van der Waals surface area contributed by atoms with Crippen LogP contribution in [0.3, 0.4) is 0 Å². The van der Waals surface area contributed by atoms with Crippen LogP contribution in [0, 0.1) is 12.8 Å². The lowest BCUT2D eigenvalue weighted by Crippen LogP contribution is -2.20. The molecule has 1 saturated heterocycles. The lowest BCUT2D eigenvalue weighted by atomic mass is 10.0. The monoisotopic (exact) mass is 361 g/mol. The Labute approximate surface area is 143 Å². The number of carbonyl (C=O) groups excluding carboxylic acids is 1. The number of amides is 1. The topological polar surface area (TPSA) is 87.3 Å². The average Bonchev–Trinajstić information content (AvgIpc) is 3.00. The number of rotatable bonds is 6. The summed E-state index contributed by atoms with van der Waals surface area (Å²) in [6, 6.07) is 4.91. The van der Waals surface area contributed by atoms with Crippen LogP contribution in [-0.2, 0) is 14.8 Å². The Kier molecular flexibility index (Phi) is 7.47. The first kappa shape index (κ1) is 19.9. The predicted octanol–water partition coefficient (Wildman–Crippen LogP) is 1.65. The Morgan fingerprint density at radius 3 is 2.74 bits per heavy atom. The summed E-state index contributed by atoms with van der Waals surface area (Å²) < 4.78 is 26.2. The van der Waals surface area contributed by atoms with Crippen LogP contribution in [0.2, 0.25) is 0 Å². The Bertz CT molecular complexity index is 643. The number of hydrogen-bond donors (Lipinski definition) is 3. The molecule has 1 aromatic rings. The molecule has 23 heavy (non-hydrogen) atoms. The number of benzene rings is 1. The van der Waals surface area contributed by atoms with Crippen molar-refractivity contribution in [1.29, 1.82) is 0 Å². The van der Waals surface area contributed by atoms with Gasteiger partial charge in [-0.05, 0) is 63.5 Å². The van der Waals surface area contributed by atoms with E-state index in [4.69, 9.17) is 0 Å². The zero-order valence-corrected chi connectivity index (χ0v) is 15.0. The van der Waals surface area contributed by atoms with Gasteiger partial charge in [0.15, 0.2) is 0 Å². The van der Waals surface area contributed by atoms with Crippen LogP contribution in [0.4, 0.5) is 5.69 Å². The number of nitrogens with one attached hydrogen (secondary N) is 3. The van der Waals surface area contributed by atoms with Gasteiger partial charge in [0, 0.05) is 12.1 Å². The molecule has 1 heterocycles. The van der Waals surface area contributed by atoms with E-state index in [2.05, 4.69) is 15.4 Å². The number of sulfonamides is 1. The minimum atomic E-state index is -3.52. The first-order valence-corrected chi connectivity index (χ1v) is 8.95. The van der Waals surface area contributed by atoms with Crippen LogP contribution in [0.15, 0.2) is 23.1 Å². The molecule has 130 valence electrons. The predicted molar refractivity (Wildman–Crippen MR) is 93.5 cm³/mol. The van der Waals surface area contributed by atoms with Gasteiger partial charge in [0.2, 0.25) is 15.9 Å². The van der Waals surface area contributed by atoms with Gasteiger partial charge in [-0.3, -0.25) is 4.79 Å². The smallest absolute Gasteiger partial charge is 0.240 e. The van der Waals surface area contributed by atoms with Gasteiger partial charge in [-0.1, -0.05) is 6.07 Å². The maximum absolute atomic E-state index is 12.0. The minimum absolute atomic E-state index is 0. The van der Waals surface area contributed by atoms with E-state index < -0.39 is 10.0 Å². The van der Waals surface area contributed by atoms with Crippen LogP contribution < -0.4 is 15.4 Å². The summed E-state index contributed by atoms with van der Waals surface area (Å²) in [5.41, 5.74) is 1.15. The van der Waals surface area contributed by atoms with Gasteiger partial charge in [-0.2, -0.15) is 0 Å². The molecule has 1 aliphatic rings. The molecule has 0 spiro atoms. The highest BCUT2D eigenvalue weighted by molar-refractivity contribution is 7.89. The molecule has 3 N–H and O–H groups in total. The number of aryl methyl sites for hydroxylation is 1. The third-order valence-electron chi connectivity index (χ3n) is 3.97. The molecule has 0 aliphatic carbocycles. The molecule has 0 aromatic heterocycles. The van der Waals surface area contributed by atoms with Gasteiger partial charge >= 0.3 is 0 Å². The zero-order chi connectivity index (χ0) is 16.2. The van der Waals surface area contributed by atoms with Crippen molar-refractivity contribution in [2.45, 2.75) is 31.1 Å². The normalized spacial score (nSPS) is 17.6. The van der Waals surface area contributed by atoms with E-state index >= 15 is 0 Å². The van der Waals surface area contributed by atoms with E-state index in [1.807, 2.05) is 0 Å². The SMILES string of the molecule is CNS(=O)(=O)c1cc(NC(=O)CCC2CCNC2)ccc1C.Cl. The average molecular weight is 362 g/mol. The van der Waals surface area contributed by atoms with Crippen molar-refractivity contribution in [2.75, 3.05) is 25.5 Å². The van der Waals surface area contributed by atoms with Crippen molar-refractivity contribution < 1.29 is 13.2 Å². The number of halogens is 1. The van der Waals surface area contributed by atoms with E-state index in [-0.39, 0.29) is 23.2 Å². The van der Waals surface area contributed by atoms with E-state index in [9.17, 15) is 13.2 Å². The standard InChI is InChI=1S/C15H23N3O3S.ClH/c1-11-3-5-13(9-14(11)22(20,21)16-2)18-15(19)6-4-12-7-8-17-10-12;/h3,5,9,12,16-17H,4,6-8,10H2,1-2H3,(H,18,19);1H. The number of carbonyl (C=O) groups is 1. The highest BCUT2D eigenvalue weighted by atomic mass is 35.5. The number of anilines is 1. The van der Waals surface area contributed by atoms with Crippen molar-refractivity contribution in [1.82, 2.24) is 10.0 Å². The van der Waals surface area contributed by atoms with Crippen molar-refractivity contribution in [3.8, 4) is 0 Å². The molecule has 1 amide bonds. The second-order valence-electron chi connectivity index (χ2n) is 5.63. The van der Waals surface area contributed by atoms with E-state index in [0.29, 0.717) is 23.6 Å². The highest BCUT2D eigenvalue weighted by Crippen LogP contribution is 2.21. The van der Waals surface area contributed by atoms with Crippen LogP contribution >= 0.6 is 12.4 Å². The lowest BCUT2D eigenvalue weighted by Gasteiger charge is -2.11. The molecule has 8 heteroatoms. The van der Waals surface area contributed by atoms with Crippen molar-refractivity contribution in [3.63, 3.8) is 0 Å². The van der Waals surface area contributed by atoms with Gasteiger partial charge in [-0.15, -0.1) is 12.4 Å². The molecular formula is C15H24ClN3O3S. The van der Waals surface area contributed by atoms with E-state index in [0.717, 1.165) is 25.9 Å². The molecule has 0 saturated carbocycles. The Morgan fingerprint density at radius 2 is 2.13 bits per heavy atom. The van der Waals surface area contributed by atoms with Gasteiger partial charge in [-0.25, -0.2) is 13.1 Å². The molecule has 1 aromatic carbocycles. The van der Waals surface area contributed by atoms with Crippen LogP contribution in [-0.4, -0.2) is 34.5 Å². The summed E-state index contributed by atoms with van der Waals surface area (Å²) >= 11 is 0. The molecule has 0 bridgehead atoms. The maximum atomic E-state index is 12.0. The van der Waals surface area contributed by atoms with Gasteiger partial charge in [0.05, 0.1) is 4.90 Å². The van der Waals surface area contributed by atoms with Gasteiger partial charge in [0.1, 0.15) is 0 Å². The van der Waals surface area contributed by atoms with Crippen molar-refractivity contribution >= 4 is 34.0 Å². The summed E-state index contributed by atoms with van der Waals surface area (Å²) in [6.07, 6.45) is 2.42. The molecule has 0 radical (unpaired) electrons. The molecule has 1 fully saturated rings. The van der Waals surface area contributed by atoms with E-state index in [1.165, 1.54) is 13.1 Å². The quantitative estimate of drug-likeness (QED) is 0.719. The summed E-state index contributed by atoms with van der Waals surface area (Å²) in [4.78, 5) is 12.2. The second kappa shape index (κ2) is 8.63. The largest absolute Gasteiger partial charge is 0.326 e. The fourth-order valence-corrected chi connectivity index (χ4v) is 3.59. The summed E-state index contributed by atoms with van der Waals surface area (Å²) in [6.45, 7) is 3.72. The second-order valence-corrected chi connectivity index (χ2v) is 7.49. The first-order valence-electron chi connectivity index (χ1n) is 7.47. The lowest BCUT2D eigenvalue weighted by molar-refractivity contribution is -0.116. The zero-order valence-electron chi connectivity index (χ0n) is 13.4. The fraction of sp³-hybridized carbons (Fsp3) is 0.533. The molecule has 1 atom stereocenters. The Hall–Kier alpha value is -1.15. The summed E-state index contributed by atoms with van der Waals surface area (Å²) in [7, 11) is -2.15. The molecular weight excluding hydrogens is 338 g/mol. The Balaban J connectivity index is 0.00000264. The van der Waals surface area contributed by atoms with Gasteiger partial charge < -0.3 is 10.6 Å². The first-order chi connectivity index (χ1) is 10.4. The molecule has 2 rings (SSSR count). The van der Waals surface area contributed by atoms with Crippen LogP contribution in [0.1, 0.15) is 24.8 Å². The minimum Gasteiger partial charge on any atom is -0.326 e. The highest BCUT2D eigenvalue weighted by Gasteiger charge is 2.17. The maximum Gasteiger partial charge on any atom is 0.240 e. The van der Waals surface area contributed by atoms with E-state index in [1.54, 1.807) is 19.1 Å². The van der Waals surface area contributed by atoms with Crippen molar-refractivity contribution in [3.05, 3.63) is 23.8 Å². The number of hydrogen-bond acceptors (Lipinski definition) is 4. The summed E-state index contributed by atoms with van der Waals surface area (Å²) in [5, 5.41) is 6.06. The summed E-state index contributed by atoms with van der Waals surface area (Å²) in [5.74, 6) is 0.479. The van der Waals surface area contributed by atoms with Crippen LogP contribution in [0.5, 0.6) is 0 Å². The van der Waals surface area contributed by atoms with Gasteiger partial charge in [0.25, 0.3) is 0 Å².